The number of aliphatic hydroxyl groups excluding tert-OH is 3. The minimum absolute atomic E-state index is 0.0756. The molecule has 0 radical (unpaired) electrons. The van der Waals surface area contributed by atoms with E-state index < -0.39 is 30.6 Å². The zero-order valence-corrected chi connectivity index (χ0v) is 15.9. The van der Waals surface area contributed by atoms with E-state index in [-0.39, 0.29) is 24.9 Å². The first kappa shape index (κ1) is 21.7. The van der Waals surface area contributed by atoms with E-state index in [0.717, 1.165) is 21.1 Å². The molecule has 1 saturated heterocycles. The lowest BCUT2D eigenvalue weighted by Crippen LogP contribution is -2.67. The van der Waals surface area contributed by atoms with Crippen LogP contribution in [0.3, 0.4) is 0 Å². The van der Waals surface area contributed by atoms with Gasteiger partial charge in [0.25, 0.3) is 0 Å². The average molecular weight is 359 g/mol. The Kier molecular flexibility index (Phi) is 8.11. The van der Waals surface area contributed by atoms with E-state index in [9.17, 15) is 24.9 Å². The molecule has 1 heterocycles. The highest BCUT2D eigenvalue weighted by molar-refractivity contribution is 5.95. The summed E-state index contributed by atoms with van der Waals surface area (Å²) in [5.74, 6) is 0.511. The van der Waals surface area contributed by atoms with E-state index in [0.29, 0.717) is 12.8 Å². The Balaban J connectivity index is 2.84. The maximum atomic E-state index is 12.6. The number of aliphatic hydroxyl groups is 3. The van der Waals surface area contributed by atoms with Crippen LogP contribution in [-0.2, 0) is 0 Å². The predicted octanol–water partition coefficient (Wildman–Crippen LogP) is 1.26. The van der Waals surface area contributed by atoms with Crippen molar-refractivity contribution in [3.05, 3.63) is 0 Å². The standard InChI is InChI=1S/C17H33N3O5/c1-6-12(4)8-14(22)10-20-16(24)18(5)15(23)19(17(20)25)9-13(21)7-11(2)3/h11-15,21-23H,6-10H2,1-5H3. The normalized spacial score (nSPS) is 22.6. The molecule has 0 aromatic rings. The van der Waals surface area contributed by atoms with E-state index in [1.165, 1.54) is 7.05 Å². The lowest BCUT2D eigenvalue weighted by Gasteiger charge is -2.44. The van der Waals surface area contributed by atoms with Crippen LogP contribution in [-0.4, -0.2) is 80.8 Å². The summed E-state index contributed by atoms with van der Waals surface area (Å²) in [5.41, 5.74) is 0. The number of hydrogen-bond acceptors (Lipinski definition) is 5. The van der Waals surface area contributed by atoms with E-state index in [2.05, 4.69) is 0 Å². The molecule has 25 heavy (non-hydrogen) atoms. The molecule has 1 aliphatic heterocycles. The quantitative estimate of drug-likeness (QED) is 0.575. The van der Waals surface area contributed by atoms with Gasteiger partial charge in [-0.1, -0.05) is 34.1 Å². The van der Waals surface area contributed by atoms with Gasteiger partial charge in [0.1, 0.15) is 0 Å². The van der Waals surface area contributed by atoms with Crippen molar-refractivity contribution in [1.82, 2.24) is 14.7 Å². The molecular formula is C17H33N3O5. The molecule has 0 spiro atoms. The monoisotopic (exact) mass is 359 g/mol. The maximum Gasteiger partial charge on any atom is 0.331 e. The van der Waals surface area contributed by atoms with Crippen molar-refractivity contribution < 1.29 is 24.9 Å². The van der Waals surface area contributed by atoms with Crippen LogP contribution in [0, 0.1) is 11.8 Å². The minimum Gasteiger partial charge on any atom is -0.391 e. The fraction of sp³-hybridized carbons (Fsp3) is 0.882. The van der Waals surface area contributed by atoms with Gasteiger partial charge in [0, 0.05) is 7.05 Å². The van der Waals surface area contributed by atoms with Gasteiger partial charge in [-0.25, -0.2) is 14.5 Å². The fourth-order valence-corrected chi connectivity index (χ4v) is 2.92. The van der Waals surface area contributed by atoms with Crippen molar-refractivity contribution in [2.24, 2.45) is 11.8 Å². The summed E-state index contributed by atoms with van der Waals surface area (Å²) < 4.78 is 0. The molecule has 0 saturated carbocycles. The van der Waals surface area contributed by atoms with Crippen molar-refractivity contribution in [2.45, 2.75) is 65.5 Å². The lowest BCUT2D eigenvalue weighted by molar-refractivity contribution is -0.0975. The molecule has 1 rings (SSSR count). The molecule has 0 bridgehead atoms. The summed E-state index contributed by atoms with van der Waals surface area (Å²) >= 11 is 0. The van der Waals surface area contributed by atoms with Crippen molar-refractivity contribution in [3.8, 4) is 0 Å². The molecule has 8 heteroatoms. The molecule has 4 atom stereocenters. The highest BCUT2D eigenvalue weighted by atomic mass is 16.3. The second kappa shape index (κ2) is 9.35. The smallest absolute Gasteiger partial charge is 0.331 e. The fourth-order valence-electron chi connectivity index (χ4n) is 2.92. The Bertz CT molecular complexity index is 460. The van der Waals surface area contributed by atoms with Gasteiger partial charge < -0.3 is 15.3 Å². The summed E-state index contributed by atoms with van der Waals surface area (Å²) in [4.78, 5) is 28.0. The Morgan fingerprint density at radius 2 is 1.56 bits per heavy atom. The molecule has 4 amide bonds. The number of amides is 4. The van der Waals surface area contributed by atoms with Gasteiger partial charge in [-0.3, -0.25) is 9.80 Å². The van der Waals surface area contributed by atoms with Gasteiger partial charge in [0.05, 0.1) is 25.3 Å². The number of nitrogens with zero attached hydrogens (tertiary/aromatic N) is 3. The van der Waals surface area contributed by atoms with Gasteiger partial charge in [-0.15, -0.1) is 0 Å². The van der Waals surface area contributed by atoms with Crippen LogP contribution >= 0.6 is 0 Å². The van der Waals surface area contributed by atoms with Crippen molar-refractivity contribution in [1.29, 1.82) is 0 Å². The Morgan fingerprint density at radius 1 is 1.00 bits per heavy atom. The third-order valence-electron chi connectivity index (χ3n) is 4.55. The van der Waals surface area contributed by atoms with E-state index >= 15 is 0 Å². The number of urea groups is 2. The summed E-state index contributed by atoms with van der Waals surface area (Å²) in [7, 11) is 1.38. The Hall–Kier alpha value is -1.38. The highest BCUT2D eigenvalue weighted by Crippen LogP contribution is 2.20. The second-order valence-corrected chi connectivity index (χ2v) is 7.47. The van der Waals surface area contributed by atoms with Crippen molar-refractivity contribution in [3.63, 3.8) is 0 Å². The highest BCUT2D eigenvalue weighted by Gasteiger charge is 2.42. The molecule has 146 valence electrons. The summed E-state index contributed by atoms with van der Waals surface area (Å²) in [6, 6.07) is -1.35. The zero-order valence-electron chi connectivity index (χ0n) is 15.9. The van der Waals surface area contributed by atoms with Gasteiger partial charge in [-0.05, 0) is 24.7 Å². The molecule has 3 N–H and O–H groups in total. The lowest BCUT2D eigenvalue weighted by atomic mass is 10.0. The first-order chi connectivity index (χ1) is 11.6. The van der Waals surface area contributed by atoms with Gasteiger partial charge in [0.2, 0.25) is 6.35 Å². The van der Waals surface area contributed by atoms with Crippen LogP contribution in [0.5, 0.6) is 0 Å². The third-order valence-corrected chi connectivity index (χ3v) is 4.55. The topological polar surface area (TPSA) is 105 Å². The molecule has 1 fully saturated rings. The number of imide groups is 1. The van der Waals surface area contributed by atoms with E-state index in [4.69, 9.17) is 0 Å². The number of carbonyl (C=O) groups excluding carboxylic acids is 2. The predicted molar refractivity (Wildman–Crippen MR) is 93.5 cm³/mol. The number of carbonyl (C=O) groups is 2. The Labute approximate surface area is 150 Å². The molecular weight excluding hydrogens is 326 g/mol. The van der Waals surface area contributed by atoms with Crippen molar-refractivity contribution >= 4 is 12.1 Å². The SMILES string of the molecule is CCC(C)CC(O)CN1C(=O)N(C)C(O)N(CC(O)CC(C)C)C1=O. The van der Waals surface area contributed by atoms with Crippen LogP contribution in [0.1, 0.15) is 47.0 Å². The second-order valence-electron chi connectivity index (χ2n) is 7.47. The minimum atomic E-state index is -1.43. The Morgan fingerprint density at radius 3 is 2.08 bits per heavy atom. The summed E-state index contributed by atoms with van der Waals surface area (Å²) in [5, 5.41) is 30.5. The molecule has 0 aromatic carbocycles. The number of β-amino-alcohol motifs (C(OH)–C–C–N with tert-alkyl or cyclic N) is 2. The first-order valence-electron chi connectivity index (χ1n) is 8.97. The average Bonchev–Trinajstić information content (AvgIpc) is 2.53. The van der Waals surface area contributed by atoms with Crippen LogP contribution in [0.2, 0.25) is 0 Å². The molecule has 4 unspecified atom stereocenters. The van der Waals surface area contributed by atoms with Crippen molar-refractivity contribution in [2.75, 3.05) is 20.1 Å². The van der Waals surface area contributed by atoms with Gasteiger partial charge in [0.15, 0.2) is 0 Å². The van der Waals surface area contributed by atoms with Crippen LogP contribution < -0.4 is 0 Å². The number of hydrogen-bond donors (Lipinski definition) is 3. The third kappa shape index (κ3) is 5.83. The van der Waals surface area contributed by atoms with Crippen LogP contribution in [0.15, 0.2) is 0 Å². The molecule has 0 aromatic heterocycles. The van der Waals surface area contributed by atoms with Gasteiger partial charge in [-0.2, -0.15) is 0 Å². The molecule has 1 aliphatic rings. The molecule has 8 nitrogen and oxygen atoms in total. The molecule has 0 aliphatic carbocycles. The van der Waals surface area contributed by atoms with Crippen LogP contribution in [0.4, 0.5) is 9.59 Å². The summed E-state index contributed by atoms with van der Waals surface area (Å²) in [6.07, 6.45) is -1.20. The zero-order chi connectivity index (χ0) is 19.3. The van der Waals surface area contributed by atoms with E-state index in [1.807, 2.05) is 27.7 Å². The maximum absolute atomic E-state index is 12.6. The summed E-state index contributed by atoms with van der Waals surface area (Å²) in [6.45, 7) is 7.70. The van der Waals surface area contributed by atoms with Gasteiger partial charge >= 0.3 is 12.1 Å². The van der Waals surface area contributed by atoms with Crippen LogP contribution in [0.25, 0.3) is 0 Å². The van der Waals surface area contributed by atoms with E-state index in [1.54, 1.807) is 0 Å². The largest absolute Gasteiger partial charge is 0.391 e. The first-order valence-corrected chi connectivity index (χ1v) is 8.97. The number of rotatable bonds is 9.